The number of esters is 2. The molecule has 2 N–H and O–H groups in total. The fourth-order valence-corrected chi connectivity index (χ4v) is 3.40. The van der Waals surface area contributed by atoms with E-state index >= 15 is 0 Å². The van der Waals surface area contributed by atoms with E-state index < -0.39 is 35.0 Å². The van der Waals surface area contributed by atoms with E-state index in [4.69, 9.17) is 9.47 Å². The maximum absolute atomic E-state index is 11.1. The Kier molecular flexibility index (Phi) is 5.54. The molecule has 0 amide bonds. The molecule has 4 atom stereocenters. The lowest BCUT2D eigenvalue weighted by molar-refractivity contribution is -0.145. The summed E-state index contributed by atoms with van der Waals surface area (Å²) in [5, 5.41) is 19.4. The van der Waals surface area contributed by atoms with Crippen LogP contribution in [0.5, 0.6) is 0 Å². The summed E-state index contributed by atoms with van der Waals surface area (Å²) in [6, 6.07) is 18.9. The fourth-order valence-electron chi connectivity index (χ4n) is 3.40. The molecule has 2 saturated heterocycles. The van der Waals surface area contributed by atoms with Crippen molar-refractivity contribution in [2.45, 2.75) is 36.9 Å². The van der Waals surface area contributed by atoms with Crippen LogP contribution >= 0.6 is 0 Å². The smallest absolute Gasteiger partial charge is 0.336 e. The van der Waals surface area contributed by atoms with Crippen molar-refractivity contribution < 1.29 is 29.3 Å². The number of hydrogen-bond acceptors (Lipinski definition) is 6. The summed E-state index contributed by atoms with van der Waals surface area (Å²) in [5.74, 6) is -1.06. The van der Waals surface area contributed by atoms with Gasteiger partial charge in [-0.05, 0) is 25.0 Å². The van der Waals surface area contributed by atoms with Gasteiger partial charge >= 0.3 is 11.9 Å². The maximum Gasteiger partial charge on any atom is 0.336 e. The number of carbonyl (C=O) groups is 2. The van der Waals surface area contributed by atoms with E-state index in [1.165, 1.54) is 0 Å². The molecule has 0 bridgehead atoms. The third-order valence-electron chi connectivity index (χ3n) is 5.55. The van der Waals surface area contributed by atoms with Gasteiger partial charge in [0.15, 0.2) is 12.2 Å². The van der Waals surface area contributed by atoms with E-state index in [-0.39, 0.29) is 13.2 Å². The van der Waals surface area contributed by atoms with Crippen LogP contribution in [0.25, 0.3) is 0 Å². The van der Waals surface area contributed by atoms with Crippen LogP contribution in [0, 0.1) is 0 Å². The first kappa shape index (κ1) is 20.0. The van der Waals surface area contributed by atoms with Crippen molar-refractivity contribution >= 4 is 11.9 Å². The minimum absolute atomic E-state index is 0.247. The Labute approximate surface area is 163 Å². The predicted molar refractivity (Wildman–Crippen MR) is 102 cm³/mol. The van der Waals surface area contributed by atoms with Gasteiger partial charge in [-0.1, -0.05) is 60.7 Å². The Hall–Kier alpha value is -2.70. The van der Waals surface area contributed by atoms with Gasteiger partial charge in [-0.15, -0.1) is 0 Å². The molecule has 0 saturated carbocycles. The Balaban J connectivity index is 0.000000161. The molecule has 6 heteroatoms. The zero-order valence-electron chi connectivity index (χ0n) is 15.9. The average molecular weight is 384 g/mol. The molecule has 2 aromatic rings. The number of hydrogen-bond donors (Lipinski definition) is 2. The first-order valence-electron chi connectivity index (χ1n) is 9.09. The minimum Gasteiger partial charge on any atom is -0.463 e. The highest BCUT2D eigenvalue weighted by Crippen LogP contribution is 2.34. The molecule has 2 heterocycles. The topological polar surface area (TPSA) is 93.1 Å². The molecule has 2 aromatic carbocycles. The highest BCUT2D eigenvalue weighted by Gasteiger charge is 2.48. The van der Waals surface area contributed by atoms with E-state index in [0.717, 1.165) is 11.1 Å². The second-order valence-corrected chi connectivity index (χ2v) is 7.59. The van der Waals surface area contributed by atoms with Crippen LogP contribution in [0.1, 0.15) is 25.0 Å². The molecule has 0 radical (unpaired) electrons. The predicted octanol–water partition coefficient (Wildman–Crippen LogP) is 1.72. The average Bonchev–Trinajstić information content (AvgIpc) is 3.16. The number of aliphatic hydroxyl groups excluding tert-OH is 2. The molecule has 6 nitrogen and oxygen atoms in total. The van der Waals surface area contributed by atoms with E-state index in [9.17, 15) is 19.8 Å². The van der Waals surface area contributed by atoms with Gasteiger partial charge < -0.3 is 19.7 Å². The van der Waals surface area contributed by atoms with Gasteiger partial charge in [-0.25, -0.2) is 9.59 Å². The van der Waals surface area contributed by atoms with Crippen molar-refractivity contribution in [2.24, 2.45) is 0 Å². The zero-order chi connectivity index (χ0) is 20.4. The van der Waals surface area contributed by atoms with Gasteiger partial charge in [0.25, 0.3) is 0 Å². The standard InChI is InChI=1S/2C11H12O3/c2*1-11(7-14-10(13)9(11)12)8-5-3-2-4-6-8/h2*2-6,9,12H,7H2,1H3/t2*9-,11+/m11/s1. The van der Waals surface area contributed by atoms with Crippen LogP contribution in [-0.2, 0) is 29.9 Å². The van der Waals surface area contributed by atoms with Crippen LogP contribution in [-0.4, -0.2) is 47.6 Å². The lowest BCUT2D eigenvalue weighted by Crippen LogP contribution is -2.36. The Morgan fingerprint density at radius 3 is 1.29 bits per heavy atom. The van der Waals surface area contributed by atoms with Gasteiger partial charge in [0.05, 0.1) is 10.8 Å². The minimum atomic E-state index is -1.05. The Morgan fingerprint density at radius 1 is 0.714 bits per heavy atom. The normalized spacial score (nSPS) is 31.6. The molecule has 0 unspecified atom stereocenters. The van der Waals surface area contributed by atoms with Gasteiger partial charge in [-0.2, -0.15) is 0 Å². The lowest BCUT2D eigenvalue weighted by Gasteiger charge is -2.23. The van der Waals surface area contributed by atoms with Crippen LogP contribution in [0.3, 0.4) is 0 Å². The Bertz CT molecular complexity index is 765. The van der Waals surface area contributed by atoms with Crippen molar-refractivity contribution in [1.29, 1.82) is 0 Å². The molecule has 0 spiro atoms. The first-order valence-corrected chi connectivity index (χ1v) is 9.09. The molecular formula is C22H24O6. The highest BCUT2D eigenvalue weighted by molar-refractivity contribution is 5.80. The van der Waals surface area contributed by atoms with E-state index in [0.29, 0.717) is 0 Å². The van der Waals surface area contributed by atoms with Crippen LogP contribution < -0.4 is 0 Å². The number of benzene rings is 2. The molecule has 0 aromatic heterocycles. The number of ether oxygens (including phenoxy) is 2. The fraction of sp³-hybridized carbons (Fsp3) is 0.364. The number of rotatable bonds is 2. The van der Waals surface area contributed by atoms with Gasteiger partial charge in [0, 0.05) is 0 Å². The van der Waals surface area contributed by atoms with Gasteiger partial charge in [0.1, 0.15) is 13.2 Å². The van der Waals surface area contributed by atoms with Crippen LogP contribution in [0.15, 0.2) is 60.7 Å². The molecule has 2 aliphatic rings. The lowest BCUT2D eigenvalue weighted by atomic mass is 9.80. The van der Waals surface area contributed by atoms with Crippen molar-refractivity contribution in [3.8, 4) is 0 Å². The first-order chi connectivity index (χ1) is 13.3. The second-order valence-electron chi connectivity index (χ2n) is 7.59. The number of aliphatic hydroxyl groups is 2. The third kappa shape index (κ3) is 3.53. The molecule has 4 rings (SSSR count). The highest BCUT2D eigenvalue weighted by atomic mass is 16.6. The van der Waals surface area contributed by atoms with Gasteiger partial charge in [0.2, 0.25) is 0 Å². The van der Waals surface area contributed by atoms with E-state index in [1.54, 1.807) is 0 Å². The second kappa shape index (κ2) is 7.73. The third-order valence-corrected chi connectivity index (χ3v) is 5.55. The Morgan fingerprint density at radius 2 is 1.04 bits per heavy atom. The number of carbonyl (C=O) groups excluding carboxylic acids is 2. The molecule has 2 fully saturated rings. The molecule has 2 aliphatic heterocycles. The van der Waals surface area contributed by atoms with Crippen molar-refractivity contribution in [1.82, 2.24) is 0 Å². The molecule has 0 aliphatic carbocycles. The summed E-state index contributed by atoms with van der Waals surface area (Å²) >= 11 is 0. The summed E-state index contributed by atoms with van der Waals surface area (Å²) in [5.41, 5.74) is 0.660. The number of cyclic esters (lactones) is 2. The van der Waals surface area contributed by atoms with Crippen LogP contribution in [0.4, 0.5) is 0 Å². The monoisotopic (exact) mass is 384 g/mol. The summed E-state index contributed by atoms with van der Waals surface area (Å²) in [4.78, 5) is 22.2. The summed E-state index contributed by atoms with van der Waals surface area (Å²) in [6.45, 7) is 4.16. The van der Waals surface area contributed by atoms with Gasteiger partial charge in [-0.3, -0.25) is 0 Å². The summed E-state index contributed by atoms with van der Waals surface area (Å²) in [7, 11) is 0. The van der Waals surface area contributed by atoms with Crippen molar-refractivity contribution in [3.05, 3.63) is 71.8 Å². The van der Waals surface area contributed by atoms with E-state index in [2.05, 4.69) is 0 Å². The van der Waals surface area contributed by atoms with Crippen molar-refractivity contribution in [2.75, 3.05) is 13.2 Å². The van der Waals surface area contributed by atoms with Crippen LogP contribution in [0.2, 0.25) is 0 Å². The maximum atomic E-state index is 11.1. The SMILES string of the molecule is C[C@@]1(c2ccccc2)COC(=O)[C@H]1O.C[C@@]1(c2ccccc2)COC(=O)[C@H]1O. The van der Waals surface area contributed by atoms with E-state index in [1.807, 2.05) is 74.5 Å². The molecule has 28 heavy (non-hydrogen) atoms. The molecule has 148 valence electrons. The molecular weight excluding hydrogens is 360 g/mol. The zero-order valence-corrected chi connectivity index (χ0v) is 15.9. The quantitative estimate of drug-likeness (QED) is 0.766. The van der Waals surface area contributed by atoms with Crippen molar-refractivity contribution in [3.63, 3.8) is 0 Å². The summed E-state index contributed by atoms with van der Waals surface area (Å²) in [6.07, 6.45) is -2.10. The largest absolute Gasteiger partial charge is 0.463 e. The summed E-state index contributed by atoms with van der Waals surface area (Å²) < 4.78 is 9.69.